The maximum absolute atomic E-state index is 13.4. The van der Waals surface area contributed by atoms with Gasteiger partial charge in [0.15, 0.2) is 16.7 Å². The number of anilines is 1. The number of hydrogen-bond acceptors (Lipinski definition) is 7. The fourth-order valence-electron chi connectivity index (χ4n) is 3.88. The summed E-state index contributed by atoms with van der Waals surface area (Å²) in [6.07, 6.45) is 0.0300. The van der Waals surface area contributed by atoms with E-state index in [1.54, 1.807) is 48.4 Å². The molecule has 1 N–H and O–H groups in total. The van der Waals surface area contributed by atoms with E-state index in [0.29, 0.717) is 38.8 Å². The highest BCUT2D eigenvalue weighted by molar-refractivity contribution is 8.15. The van der Waals surface area contributed by atoms with Gasteiger partial charge in [-0.25, -0.2) is 4.99 Å². The van der Waals surface area contributed by atoms with Crippen LogP contribution in [0.25, 0.3) is 0 Å². The van der Waals surface area contributed by atoms with Crippen LogP contribution in [0, 0.1) is 6.92 Å². The average Bonchev–Trinajstić information content (AvgIpc) is 3.36. The van der Waals surface area contributed by atoms with E-state index in [0.717, 1.165) is 11.1 Å². The SMILES string of the molecule is COc1ccc(N=C2S[C@H](C(=O)Nc3ccc(C)c(Cl)c3)CC(=O)N2Cc2ccc3c(c2)OCO3)cc1. The van der Waals surface area contributed by atoms with Gasteiger partial charge in [0.1, 0.15) is 11.0 Å². The van der Waals surface area contributed by atoms with Gasteiger partial charge < -0.3 is 19.5 Å². The third-order valence-corrected chi connectivity index (χ3v) is 7.54. The van der Waals surface area contributed by atoms with Gasteiger partial charge in [-0.2, -0.15) is 0 Å². The van der Waals surface area contributed by atoms with Crippen LogP contribution in [0.1, 0.15) is 17.5 Å². The molecule has 37 heavy (non-hydrogen) atoms. The summed E-state index contributed by atoms with van der Waals surface area (Å²) in [6, 6.07) is 18.1. The van der Waals surface area contributed by atoms with Gasteiger partial charge in [-0.1, -0.05) is 35.5 Å². The number of fused-ring (bicyclic) bond motifs is 1. The zero-order valence-electron chi connectivity index (χ0n) is 20.2. The number of hydrogen-bond donors (Lipinski definition) is 1. The minimum absolute atomic E-state index is 0.0300. The molecular formula is C27H24ClN3O5S. The number of aliphatic imine (C=N–C) groups is 1. The van der Waals surface area contributed by atoms with E-state index in [-0.39, 0.29) is 31.6 Å². The van der Waals surface area contributed by atoms with E-state index in [4.69, 9.17) is 30.8 Å². The summed E-state index contributed by atoms with van der Waals surface area (Å²) in [6.45, 7) is 2.34. The summed E-state index contributed by atoms with van der Waals surface area (Å²) < 4.78 is 16.1. The minimum atomic E-state index is -0.655. The number of methoxy groups -OCH3 is 1. The predicted octanol–water partition coefficient (Wildman–Crippen LogP) is 5.55. The number of carbonyl (C=O) groups is 2. The minimum Gasteiger partial charge on any atom is -0.497 e. The maximum atomic E-state index is 13.4. The van der Waals surface area contributed by atoms with Crippen molar-refractivity contribution in [3.05, 3.63) is 76.8 Å². The van der Waals surface area contributed by atoms with Crippen molar-refractivity contribution in [3.63, 3.8) is 0 Å². The van der Waals surface area contributed by atoms with E-state index in [1.165, 1.54) is 11.8 Å². The topological polar surface area (TPSA) is 89.5 Å². The van der Waals surface area contributed by atoms with Crippen LogP contribution in [-0.2, 0) is 16.1 Å². The van der Waals surface area contributed by atoms with E-state index in [2.05, 4.69) is 5.32 Å². The van der Waals surface area contributed by atoms with Gasteiger partial charge in [0.05, 0.1) is 19.3 Å². The molecule has 1 fully saturated rings. The summed E-state index contributed by atoms with van der Waals surface area (Å²) >= 11 is 7.46. The summed E-state index contributed by atoms with van der Waals surface area (Å²) in [5.41, 5.74) is 2.98. The first-order valence-corrected chi connectivity index (χ1v) is 12.8. The molecule has 0 radical (unpaired) electrons. The number of halogens is 1. The molecule has 2 aliphatic rings. The lowest BCUT2D eigenvalue weighted by atomic mass is 10.1. The Bertz CT molecular complexity index is 1380. The van der Waals surface area contributed by atoms with E-state index >= 15 is 0 Å². The van der Waals surface area contributed by atoms with Crippen molar-refractivity contribution in [1.82, 2.24) is 4.90 Å². The molecule has 3 aromatic rings. The Labute approximate surface area is 223 Å². The number of carbonyl (C=O) groups excluding carboxylic acids is 2. The smallest absolute Gasteiger partial charge is 0.238 e. The van der Waals surface area contributed by atoms with Crippen LogP contribution in [0.2, 0.25) is 5.02 Å². The van der Waals surface area contributed by atoms with Crippen molar-refractivity contribution < 1.29 is 23.8 Å². The average molecular weight is 538 g/mol. The zero-order valence-corrected chi connectivity index (χ0v) is 21.8. The molecular weight excluding hydrogens is 514 g/mol. The molecule has 0 aliphatic carbocycles. The lowest BCUT2D eigenvalue weighted by molar-refractivity contribution is -0.129. The van der Waals surface area contributed by atoms with Crippen LogP contribution in [0.3, 0.4) is 0 Å². The Morgan fingerprint density at radius 2 is 1.92 bits per heavy atom. The molecule has 1 saturated heterocycles. The lowest BCUT2D eigenvalue weighted by Gasteiger charge is -2.32. The summed E-state index contributed by atoms with van der Waals surface area (Å²) in [5, 5.41) is 3.21. The Kier molecular flexibility index (Phi) is 7.25. The highest BCUT2D eigenvalue weighted by Gasteiger charge is 2.36. The van der Waals surface area contributed by atoms with E-state index < -0.39 is 5.25 Å². The predicted molar refractivity (Wildman–Crippen MR) is 144 cm³/mol. The second kappa shape index (κ2) is 10.7. The number of thioether (sulfide) groups is 1. The summed E-state index contributed by atoms with van der Waals surface area (Å²) in [7, 11) is 1.59. The van der Waals surface area contributed by atoms with Crippen LogP contribution >= 0.6 is 23.4 Å². The molecule has 190 valence electrons. The summed E-state index contributed by atoms with van der Waals surface area (Å²) in [5.74, 6) is 1.51. The van der Waals surface area contributed by atoms with Crippen molar-refractivity contribution >= 4 is 51.7 Å². The summed E-state index contributed by atoms with van der Waals surface area (Å²) in [4.78, 5) is 32.8. The number of ether oxygens (including phenoxy) is 3. The van der Waals surface area contributed by atoms with Crippen LogP contribution in [0.4, 0.5) is 11.4 Å². The number of amides is 2. The third kappa shape index (κ3) is 5.68. The molecule has 0 aromatic heterocycles. The molecule has 0 bridgehead atoms. The first-order valence-electron chi connectivity index (χ1n) is 11.5. The van der Waals surface area contributed by atoms with Crippen LogP contribution in [-0.4, -0.2) is 41.0 Å². The van der Waals surface area contributed by atoms with Crippen LogP contribution in [0.5, 0.6) is 17.2 Å². The molecule has 0 unspecified atom stereocenters. The second-order valence-corrected chi connectivity index (χ2v) is 10.1. The standard InChI is InChI=1S/C27H24ClN3O5S/c1-16-3-5-19(12-21(16)28)29-26(33)24-13-25(32)31(14-17-4-10-22-23(11-17)36-15-35-22)27(37-24)30-18-6-8-20(34-2)9-7-18/h3-12,24H,13-15H2,1-2H3,(H,29,33)/t24-/m0/s1. The van der Waals surface area contributed by atoms with Gasteiger partial charge >= 0.3 is 0 Å². The fourth-order valence-corrected chi connectivity index (χ4v) is 5.16. The quantitative estimate of drug-likeness (QED) is 0.443. The fraction of sp³-hybridized carbons (Fsp3) is 0.222. The number of rotatable bonds is 6. The van der Waals surface area contributed by atoms with Crippen LogP contribution in [0.15, 0.2) is 65.7 Å². The highest BCUT2D eigenvalue weighted by Crippen LogP contribution is 2.35. The Morgan fingerprint density at radius 1 is 1.14 bits per heavy atom. The van der Waals surface area contributed by atoms with Gasteiger partial charge in [0, 0.05) is 17.1 Å². The highest BCUT2D eigenvalue weighted by atomic mass is 35.5. The molecule has 8 nitrogen and oxygen atoms in total. The molecule has 0 saturated carbocycles. The largest absolute Gasteiger partial charge is 0.497 e. The monoisotopic (exact) mass is 537 g/mol. The van der Waals surface area contributed by atoms with Gasteiger partial charge in [0.2, 0.25) is 18.6 Å². The van der Waals surface area contributed by atoms with Gasteiger partial charge in [0.25, 0.3) is 0 Å². The second-order valence-electron chi connectivity index (χ2n) is 8.52. The van der Waals surface area contributed by atoms with Crippen molar-refractivity contribution in [1.29, 1.82) is 0 Å². The molecule has 10 heteroatoms. The maximum Gasteiger partial charge on any atom is 0.238 e. The number of nitrogens with zero attached hydrogens (tertiary/aromatic N) is 2. The molecule has 1 atom stereocenters. The third-order valence-electron chi connectivity index (χ3n) is 5.95. The van der Waals surface area contributed by atoms with Crippen LogP contribution < -0.4 is 19.5 Å². The Morgan fingerprint density at radius 3 is 2.68 bits per heavy atom. The first kappa shape index (κ1) is 25.0. The van der Waals surface area contributed by atoms with E-state index in [1.807, 2.05) is 31.2 Å². The first-order chi connectivity index (χ1) is 17.9. The Hall–Kier alpha value is -3.69. The molecule has 2 aliphatic heterocycles. The number of nitrogens with one attached hydrogen (secondary N) is 1. The number of aryl methyl sites for hydroxylation is 1. The number of benzene rings is 3. The molecule has 3 aromatic carbocycles. The van der Waals surface area contributed by atoms with Gasteiger partial charge in [-0.05, 0) is 66.6 Å². The molecule has 2 heterocycles. The van der Waals surface area contributed by atoms with E-state index in [9.17, 15) is 9.59 Å². The molecule has 5 rings (SSSR count). The Balaban J connectivity index is 1.40. The van der Waals surface area contributed by atoms with Crippen molar-refractivity contribution in [2.45, 2.75) is 25.1 Å². The lowest BCUT2D eigenvalue weighted by Crippen LogP contribution is -2.44. The number of amidine groups is 1. The zero-order chi connectivity index (χ0) is 25.9. The van der Waals surface area contributed by atoms with Gasteiger partial charge in [-0.3, -0.25) is 14.5 Å². The van der Waals surface area contributed by atoms with Crippen molar-refractivity contribution in [2.24, 2.45) is 4.99 Å². The molecule has 0 spiro atoms. The molecule has 2 amide bonds. The normalized spacial score (nSPS) is 17.7. The van der Waals surface area contributed by atoms with Gasteiger partial charge in [-0.15, -0.1) is 0 Å². The van der Waals surface area contributed by atoms with Crippen molar-refractivity contribution in [2.75, 3.05) is 19.2 Å². The van der Waals surface area contributed by atoms with Crippen molar-refractivity contribution in [3.8, 4) is 17.2 Å².